The van der Waals surface area contributed by atoms with Gasteiger partial charge in [0.05, 0.1) is 11.6 Å². The first-order chi connectivity index (χ1) is 14.4. The largest absolute Gasteiger partial charge is 0.459 e. The van der Waals surface area contributed by atoms with Gasteiger partial charge < -0.3 is 9.64 Å². The Hall–Kier alpha value is -3.48. The number of hydrogen-bond acceptors (Lipinski definition) is 5. The molecule has 1 aliphatic rings. The molecule has 4 rings (SSSR count). The fraction of sp³-hybridized carbons (Fsp3) is 0.304. The summed E-state index contributed by atoms with van der Waals surface area (Å²) in [7, 11) is 0. The van der Waals surface area contributed by atoms with Crippen LogP contribution in [-0.2, 0) is 27.5 Å². The van der Waals surface area contributed by atoms with Gasteiger partial charge in [-0.15, -0.1) is 0 Å². The molecule has 1 fully saturated rings. The second-order valence-corrected chi connectivity index (χ2v) is 7.79. The van der Waals surface area contributed by atoms with Crippen molar-refractivity contribution in [2.45, 2.75) is 33.4 Å². The predicted octanol–water partition coefficient (Wildman–Crippen LogP) is 2.40. The van der Waals surface area contributed by atoms with Gasteiger partial charge in [0.15, 0.2) is 0 Å². The summed E-state index contributed by atoms with van der Waals surface area (Å²) in [5.41, 5.74) is 3.79. The fourth-order valence-electron chi connectivity index (χ4n) is 3.59. The summed E-state index contributed by atoms with van der Waals surface area (Å²) in [4.78, 5) is 43.1. The maximum atomic E-state index is 12.5. The third-order valence-electron chi connectivity index (χ3n) is 5.26. The second kappa shape index (κ2) is 8.10. The van der Waals surface area contributed by atoms with Gasteiger partial charge in [0.1, 0.15) is 12.3 Å². The van der Waals surface area contributed by atoms with Crippen molar-refractivity contribution in [3.63, 3.8) is 0 Å². The number of hydrogen-bond donors (Lipinski definition) is 0. The molecule has 1 amide bonds. The number of amides is 1. The van der Waals surface area contributed by atoms with E-state index in [2.05, 4.69) is 4.98 Å². The van der Waals surface area contributed by atoms with Gasteiger partial charge in [-0.2, -0.15) is 0 Å². The van der Waals surface area contributed by atoms with Crippen molar-refractivity contribution in [1.82, 2.24) is 14.3 Å². The van der Waals surface area contributed by atoms with Crippen LogP contribution in [0, 0.1) is 19.8 Å². The molecule has 2 aromatic heterocycles. The molecular weight excluding hydrogens is 382 g/mol. The van der Waals surface area contributed by atoms with E-state index < -0.39 is 11.9 Å². The van der Waals surface area contributed by atoms with Gasteiger partial charge >= 0.3 is 5.97 Å². The topological polar surface area (TPSA) is 81.0 Å². The molecule has 3 aromatic rings. The van der Waals surface area contributed by atoms with E-state index in [9.17, 15) is 14.4 Å². The first-order valence-corrected chi connectivity index (χ1v) is 9.88. The first kappa shape index (κ1) is 19.8. The van der Waals surface area contributed by atoms with E-state index in [0.717, 1.165) is 16.7 Å². The Morgan fingerprint density at radius 1 is 1.10 bits per heavy atom. The highest BCUT2D eigenvalue weighted by Crippen LogP contribution is 2.22. The highest BCUT2D eigenvalue weighted by atomic mass is 16.5. The van der Waals surface area contributed by atoms with Crippen LogP contribution in [0.25, 0.3) is 5.65 Å². The maximum absolute atomic E-state index is 12.5. The number of nitrogens with zero attached hydrogens (tertiary/aromatic N) is 3. The molecule has 154 valence electrons. The molecule has 7 heteroatoms. The molecule has 30 heavy (non-hydrogen) atoms. The molecule has 0 spiro atoms. The van der Waals surface area contributed by atoms with E-state index in [1.165, 1.54) is 10.5 Å². The normalized spacial score (nSPS) is 16.3. The van der Waals surface area contributed by atoms with E-state index in [4.69, 9.17) is 4.74 Å². The molecule has 1 aromatic carbocycles. The van der Waals surface area contributed by atoms with Crippen LogP contribution >= 0.6 is 0 Å². The van der Waals surface area contributed by atoms with Gasteiger partial charge in [-0.1, -0.05) is 35.9 Å². The summed E-state index contributed by atoms with van der Waals surface area (Å²) in [6, 6.07) is 13.0. The van der Waals surface area contributed by atoms with Crippen molar-refractivity contribution in [3.05, 3.63) is 81.4 Å². The first-order valence-electron chi connectivity index (χ1n) is 9.88. The van der Waals surface area contributed by atoms with Crippen LogP contribution in [0.2, 0.25) is 0 Å². The summed E-state index contributed by atoms with van der Waals surface area (Å²) in [5.74, 6) is -1.01. The van der Waals surface area contributed by atoms with Gasteiger partial charge in [0.25, 0.3) is 5.56 Å². The van der Waals surface area contributed by atoms with E-state index in [-0.39, 0.29) is 24.5 Å². The standard InChI is InChI=1S/C23H23N3O4/c1-15-3-6-17(7-4-15)12-25-13-18(9-21(25)27)23(29)30-14-19-10-22(28)26-11-16(2)5-8-20(26)24-19/h3-8,10-11,18H,9,12-14H2,1-2H3. The second-order valence-electron chi connectivity index (χ2n) is 7.79. The summed E-state index contributed by atoms with van der Waals surface area (Å²) in [5, 5.41) is 0. The SMILES string of the molecule is Cc1ccc(CN2CC(C(=O)OCc3cc(=O)n4cc(C)ccc4n3)CC2=O)cc1. The summed E-state index contributed by atoms with van der Waals surface area (Å²) >= 11 is 0. The van der Waals surface area contributed by atoms with E-state index in [1.54, 1.807) is 17.2 Å². The Labute approximate surface area is 173 Å². The average molecular weight is 405 g/mol. The van der Waals surface area contributed by atoms with Crippen LogP contribution in [-0.4, -0.2) is 32.7 Å². The van der Waals surface area contributed by atoms with Gasteiger partial charge in [0.2, 0.25) is 5.91 Å². The number of ether oxygens (including phenoxy) is 1. The lowest BCUT2D eigenvalue weighted by molar-refractivity contribution is -0.149. The number of fused-ring (bicyclic) bond motifs is 1. The fourth-order valence-corrected chi connectivity index (χ4v) is 3.59. The van der Waals surface area contributed by atoms with Gasteiger partial charge in [-0.3, -0.25) is 18.8 Å². The average Bonchev–Trinajstić information content (AvgIpc) is 3.09. The van der Waals surface area contributed by atoms with E-state index >= 15 is 0 Å². The van der Waals surface area contributed by atoms with Crippen LogP contribution in [0.1, 0.15) is 28.8 Å². The Kier molecular flexibility index (Phi) is 5.35. The zero-order valence-electron chi connectivity index (χ0n) is 17.0. The molecule has 0 N–H and O–H groups in total. The monoisotopic (exact) mass is 405 g/mol. The van der Waals surface area contributed by atoms with Crippen molar-refractivity contribution in [2.75, 3.05) is 6.54 Å². The molecular formula is C23H23N3O4. The number of aryl methyl sites for hydroxylation is 2. The van der Waals surface area contributed by atoms with Crippen LogP contribution in [0.3, 0.4) is 0 Å². The predicted molar refractivity (Wildman–Crippen MR) is 111 cm³/mol. The highest BCUT2D eigenvalue weighted by molar-refractivity contribution is 5.86. The van der Waals surface area contributed by atoms with Crippen molar-refractivity contribution in [1.29, 1.82) is 0 Å². The third kappa shape index (κ3) is 4.25. The minimum Gasteiger partial charge on any atom is -0.459 e. The molecule has 0 aliphatic carbocycles. The van der Waals surface area contributed by atoms with Gasteiger partial charge in [-0.25, -0.2) is 4.98 Å². The van der Waals surface area contributed by atoms with Crippen molar-refractivity contribution < 1.29 is 14.3 Å². The van der Waals surface area contributed by atoms with Gasteiger partial charge in [0, 0.05) is 31.8 Å². The lowest BCUT2D eigenvalue weighted by Gasteiger charge is -2.16. The van der Waals surface area contributed by atoms with E-state index in [0.29, 0.717) is 24.4 Å². The van der Waals surface area contributed by atoms with Gasteiger partial charge in [-0.05, 0) is 31.0 Å². The van der Waals surface area contributed by atoms with Crippen LogP contribution in [0.15, 0.2) is 53.5 Å². The zero-order chi connectivity index (χ0) is 21.3. The Bertz CT molecular complexity index is 1170. The van der Waals surface area contributed by atoms with Crippen molar-refractivity contribution in [2.24, 2.45) is 5.92 Å². The Morgan fingerprint density at radius 2 is 1.83 bits per heavy atom. The molecule has 7 nitrogen and oxygen atoms in total. The number of carbonyl (C=O) groups is 2. The number of rotatable bonds is 5. The number of pyridine rings is 1. The highest BCUT2D eigenvalue weighted by Gasteiger charge is 2.35. The van der Waals surface area contributed by atoms with Crippen molar-refractivity contribution >= 4 is 17.5 Å². The van der Waals surface area contributed by atoms with Crippen molar-refractivity contribution in [3.8, 4) is 0 Å². The number of likely N-dealkylation sites (tertiary alicyclic amines) is 1. The lowest BCUT2D eigenvalue weighted by atomic mass is 10.1. The Morgan fingerprint density at radius 3 is 2.60 bits per heavy atom. The molecule has 3 heterocycles. The number of esters is 1. The molecule has 1 unspecified atom stereocenters. The van der Waals surface area contributed by atoms with Crippen LogP contribution in [0.5, 0.6) is 0 Å². The minimum absolute atomic E-state index is 0.0602. The molecule has 1 atom stereocenters. The molecule has 0 saturated carbocycles. The summed E-state index contributed by atoms with van der Waals surface area (Å²) in [6.07, 6.45) is 1.85. The summed E-state index contributed by atoms with van der Waals surface area (Å²) in [6.45, 7) is 4.62. The number of benzene rings is 1. The zero-order valence-corrected chi connectivity index (χ0v) is 17.0. The number of aromatic nitrogens is 2. The maximum Gasteiger partial charge on any atom is 0.311 e. The Balaban J connectivity index is 1.38. The molecule has 0 bridgehead atoms. The minimum atomic E-state index is -0.507. The van der Waals surface area contributed by atoms with E-state index in [1.807, 2.05) is 44.2 Å². The molecule has 1 saturated heterocycles. The smallest absolute Gasteiger partial charge is 0.311 e. The number of carbonyl (C=O) groups excluding carboxylic acids is 2. The third-order valence-corrected chi connectivity index (χ3v) is 5.26. The quantitative estimate of drug-likeness (QED) is 0.609. The molecule has 0 radical (unpaired) electrons. The molecule has 1 aliphatic heterocycles. The summed E-state index contributed by atoms with van der Waals surface area (Å²) < 4.78 is 6.83. The van der Waals surface area contributed by atoms with Crippen LogP contribution in [0.4, 0.5) is 0 Å². The van der Waals surface area contributed by atoms with Crippen LogP contribution < -0.4 is 5.56 Å². The lowest BCUT2D eigenvalue weighted by Crippen LogP contribution is -2.26.